The molecule has 2 amide bonds. The van der Waals surface area contributed by atoms with Gasteiger partial charge in [0.2, 0.25) is 5.91 Å². The van der Waals surface area contributed by atoms with Crippen LogP contribution in [0.4, 0.5) is 0 Å². The number of aliphatic hydroxyl groups is 1. The summed E-state index contributed by atoms with van der Waals surface area (Å²) >= 11 is 0. The van der Waals surface area contributed by atoms with Crippen LogP contribution in [-0.2, 0) is 10.2 Å². The van der Waals surface area contributed by atoms with Gasteiger partial charge in [-0.25, -0.2) is 0 Å². The first kappa shape index (κ1) is 16.4. The van der Waals surface area contributed by atoms with Crippen molar-refractivity contribution in [3.63, 3.8) is 0 Å². The summed E-state index contributed by atoms with van der Waals surface area (Å²) in [6, 6.07) is 5.50. The minimum atomic E-state index is -0.560. The second-order valence-electron chi connectivity index (χ2n) is 8.80. The number of fused-ring (bicyclic) bond motifs is 2. The van der Waals surface area contributed by atoms with Crippen molar-refractivity contribution in [3.05, 3.63) is 29.3 Å². The molecule has 1 aromatic carbocycles. The van der Waals surface area contributed by atoms with E-state index in [4.69, 9.17) is 7.85 Å². The van der Waals surface area contributed by atoms with Gasteiger partial charge < -0.3 is 15.3 Å². The van der Waals surface area contributed by atoms with E-state index in [0.29, 0.717) is 36.3 Å². The first-order valence-electron chi connectivity index (χ1n) is 9.60. The fourth-order valence-corrected chi connectivity index (χ4v) is 4.88. The Balaban J connectivity index is 1.24. The maximum absolute atomic E-state index is 12.8. The number of amides is 2. The Labute approximate surface area is 154 Å². The van der Waals surface area contributed by atoms with Gasteiger partial charge in [0.25, 0.3) is 5.91 Å². The second-order valence-corrected chi connectivity index (χ2v) is 8.80. The molecule has 2 radical (unpaired) electrons. The van der Waals surface area contributed by atoms with E-state index >= 15 is 0 Å². The molecule has 1 aromatic rings. The Hall–Kier alpha value is -1.82. The van der Waals surface area contributed by atoms with E-state index in [1.807, 2.05) is 6.07 Å². The van der Waals surface area contributed by atoms with Gasteiger partial charge in [-0.05, 0) is 56.1 Å². The quantitative estimate of drug-likeness (QED) is 0.772. The summed E-state index contributed by atoms with van der Waals surface area (Å²) in [6.07, 6.45) is 5.56. The van der Waals surface area contributed by atoms with Gasteiger partial charge in [-0.2, -0.15) is 0 Å². The van der Waals surface area contributed by atoms with Crippen LogP contribution >= 0.6 is 0 Å². The number of nitrogens with zero attached hydrogens (tertiary/aromatic N) is 1. The molecule has 6 heteroatoms. The van der Waals surface area contributed by atoms with Crippen molar-refractivity contribution in [1.29, 1.82) is 0 Å². The highest BCUT2D eigenvalue weighted by Crippen LogP contribution is 2.52. The zero-order valence-electron chi connectivity index (χ0n) is 14.8. The summed E-state index contributed by atoms with van der Waals surface area (Å²) in [4.78, 5) is 26.9. The molecule has 0 unspecified atom stereocenters. The number of hydrogen-bond acceptors (Lipinski definition) is 3. The Morgan fingerprint density at radius 1 is 1.31 bits per heavy atom. The van der Waals surface area contributed by atoms with Crippen molar-refractivity contribution in [1.82, 2.24) is 10.2 Å². The van der Waals surface area contributed by atoms with Crippen LogP contribution in [0.5, 0.6) is 0 Å². The van der Waals surface area contributed by atoms with E-state index in [1.165, 1.54) is 0 Å². The zero-order chi connectivity index (χ0) is 18.1. The third kappa shape index (κ3) is 2.57. The van der Waals surface area contributed by atoms with Crippen molar-refractivity contribution >= 4 is 25.1 Å². The molecule has 5 rings (SSSR count). The lowest BCUT2D eigenvalue weighted by molar-refractivity contribution is -0.127. The smallest absolute Gasteiger partial charge is 0.254 e. The number of carbonyl (C=O) groups excluding carboxylic acids is 2. The van der Waals surface area contributed by atoms with Crippen LogP contribution in [0.1, 0.15) is 54.4 Å². The average molecular weight is 350 g/mol. The van der Waals surface area contributed by atoms with Crippen LogP contribution in [0.15, 0.2) is 18.2 Å². The summed E-state index contributed by atoms with van der Waals surface area (Å²) in [5.74, 6) is 0.213. The summed E-state index contributed by atoms with van der Waals surface area (Å²) < 4.78 is 0. The maximum Gasteiger partial charge on any atom is 0.254 e. The molecule has 5 nitrogen and oxygen atoms in total. The van der Waals surface area contributed by atoms with E-state index in [0.717, 1.165) is 31.2 Å². The standard InChI is InChI=1S/C20H23BN2O3/c21-13-3-4-15-16(7-13)19(5-6-19)11-23(18(15)25)10-17(24)22-14-8-20(26,9-14)12-1-2-12/h3-4,7,12,14,26H,1-2,5-6,8-11H2,(H,22,24). The highest BCUT2D eigenvalue weighted by atomic mass is 16.3. The molecule has 0 bridgehead atoms. The fraction of sp³-hybridized carbons (Fsp3) is 0.600. The molecule has 1 spiro atoms. The van der Waals surface area contributed by atoms with Gasteiger partial charge in [0.05, 0.1) is 12.1 Å². The normalized spacial score (nSPS) is 31.3. The largest absolute Gasteiger partial charge is 0.389 e. The van der Waals surface area contributed by atoms with Crippen molar-refractivity contribution < 1.29 is 14.7 Å². The van der Waals surface area contributed by atoms with Crippen molar-refractivity contribution in [2.75, 3.05) is 13.1 Å². The summed E-state index contributed by atoms with van der Waals surface area (Å²) in [7, 11) is 5.91. The lowest BCUT2D eigenvalue weighted by Gasteiger charge is -2.44. The minimum absolute atomic E-state index is 0.0123. The molecule has 1 heterocycles. The Morgan fingerprint density at radius 2 is 2.04 bits per heavy atom. The third-order valence-corrected chi connectivity index (χ3v) is 6.72. The number of carbonyl (C=O) groups is 2. The van der Waals surface area contributed by atoms with Crippen molar-refractivity contribution in [2.24, 2.45) is 5.92 Å². The molecule has 134 valence electrons. The number of nitrogens with one attached hydrogen (secondary N) is 1. The predicted octanol–water partition coefficient (Wildman–Crippen LogP) is 0.387. The first-order valence-corrected chi connectivity index (χ1v) is 9.60. The molecular formula is C20H23BN2O3. The third-order valence-electron chi connectivity index (χ3n) is 6.72. The molecule has 1 aliphatic heterocycles. The van der Waals surface area contributed by atoms with Crippen molar-refractivity contribution in [2.45, 2.75) is 55.6 Å². The SMILES string of the molecule is [B]c1ccc2c(c1)C1(CC1)CN(CC(=O)NC1CC(O)(C3CC3)C1)C2=O. The lowest BCUT2D eigenvalue weighted by atomic mass is 9.72. The molecule has 3 aliphatic carbocycles. The molecule has 2 N–H and O–H groups in total. The Kier molecular flexibility index (Phi) is 3.37. The lowest BCUT2D eigenvalue weighted by Crippen LogP contribution is -2.58. The van der Waals surface area contributed by atoms with Crippen molar-refractivity contribution in [3.8, 4) is 0 Å². The number of rotatable bonds is 4. The summed E-state index contributed by atoms with van der Waals surface area (Å²) in [5, 5.41) is 13.4. The van der Waals surface area contributed by atoms with Gasteiger partial charge in [-0.3, -0.25) is 9.59 Å². The topological polar surface area (TPSA) is 69.6 Å². The van der Waals surface area contributed by atoms with E-state index in [1.54, 1.807) is 17.0 Å². The van der Waals surface area contributed by atoms with E-state index in [9.17, 15) is 14.7 Å². The van der Waals surface area contributed by atoms with Gasteiger partial charge in [0.1, 0.15) is 7.85 Å². The van der Waals surface area contributed by atoms with Crippen LogP contribution in [0.2, 0.25) is 0 Å². The molecule has 4 aliphatic rings. The molecular weight excluding hydrogens is 327 g/mol. The number of benzene rings is 1. The fourth-order valence-electron chi connectivity index (χ4n) is 4.88. The summed E-state index contributed by atoms with van der Waals surface area (Å²) in [6.45, 7) is 0.676. The molecule has 3 fully saturated rings. The van der Waals surface area contributed by atoms with Crippen LogP contribution in [0, 0.1) is 5.92 Å². The maximum atomic E-state index is 12.8. The monoisotopic (exact) mass is 350 g/mol. The Bertz CT molecular complexity index is 794. The molecule has 0 atom stereocenters. The van der Waals surface area contributed by atoms with Crippen LogP contribution in [0.25, 0.3) is 0 Å². The minimum Gasteiger partial charge on any atom is -0.389 e. The van der Waals surface area contributed by atoms with Crippen LogP contribution in [-0.4, -0.2) is 54.4 Å². The van der Waals surface area contributed by atoms with Gasteiger partial charge in [-0.15, -0.1) is 0 Å². The summed E-state index contributed by atoms with van der Waals surface area (Å²) in [5.41, 5.74) is 1.84. The van der Waals surface area contributed by atoms with Gasteiger partial charge in [0, 0.05) is 23.6 Å². The van der Waals surface area contributed by atoms with Gasteiger partial charge in [-0.1, -0.05) is 17.6 Å². The average Bonchev–Trinajstić information content (AvgIpc) is 3.45. The highest BCUT2D eigenvalue weighted by molar-refractivity contribution is 6.32. The second kappa shape index (κ2) is 5.35. The first-order chi connectivity index (χ1) is 12.4. The van der Waals surface area contributed by atoms with Crippen LogP contribution in [0.3, 0.4) is 0 Å². The molecule has 0 aromatic heterocycles. The van der Waals surface area contributed by atoms with E-state index in [2.05, 4.69) is 5.32 Å². The molecule has 0 saturated heterocycles. The predicted molar refractivity (Wildman–Crippen MR) is 97.5 cm³/mol. The number of hydrogen-bond donors (Lipinski definition) is 2. The van der Waals surface area contributed by atoms with Gasteiger partial charge in [0.15, 0.2) is 0 Å². The van der Waals surface area contributed by atoms with E-state index < -0.39 is 5.60 Å². The Morgan fingerprint density at radius 3 is 2.69 bits per heavy atom. The molecule has 26 heavy (non-hydrogen) atoms. The van der Waals surface area contributed by atoms with Crippen LogP contribution < -0.4 is 10.8 Å². The highest BCUT2D eigenvalue weighted by Gasteiger charge is 2.54. The van der Waals surface area contributed by atoms with E-state index in [-0.39, 0.29) is 29.8 Å². The molecule has 3 saturated carbocycles. The van der Waals surface area contributed by atoms with Gasteiger partial charge >= 0.3 is 0 Å². The zero-order valence-corrected chi connectivity index (χ0v) is 14.8.